The average molecular weight is 296 g/mol. The first-order chi connectivity index (χ1) is 9.68. The first kappa shape index (κ1) is 17.9. The van der Waals surface area contributed by atoms with Crippen molar-refractivity contribution >= 4 is 5.97 Å². The molecule has 0 saturated heterocycles. The van der Waals surface area contributed by atoms with Gasteiger partial charge in [-0.1, -0.05) is 37.6 Å². The second-order valence-corrected chi connectivity index (χ2v) is 6.79. The van der Waals surface area contributed by atoms with Gasteiger partial charge in [0.1, 0.15) is 6.61 Å². The Bertz CT molecular complexity index is 419. The van der Waals surface area contributed by atoms with Gasteiger partial charge in [0.2, 0.25) is 0 Å². The summed E-state index contributed by atoms with van der Waals surface area (Å²) >= 11 is 0. The lowest BCUT2D eigenvalue weighted by atomic mass is 9.68. The van der Waals surface area contributed by atoms with Crippen LogP contribution in [0, 0.1) is 11.3 Å². The molecule has 0 aromatic rings. The average Bonchev–Trinajstić information content (AvgIpc) is 2.34. The van der Waals surface area contributed by atoms with E-state index in [0.717, 1.165) is 12.8 Å². The SMILES string of the molecule is CC1=CCCC(C)(C)C1/C=C/C(C)(O)CC(=O)OCCO. The molecule has 0 spiro atoms. The Labute approximate surface area is 127 Å². The molecular weight excluding hydrogens is 268 g/mol. The third-order valence-electron chi connectivity index (χ3n) is 4.09. The molecule has 0 aliphatic heterocycles. The predicted octanol–water partition coefficient (Wildman–Crippen LogP) is 2.60. The summed E-state index contributed by atoms with van der Waals surface area (Å²) < 4.78 is 4.79. The van der Waals surface area contributed by atoms with E-state index < -0.39 is 11.6 Å². The Kier molecular flexibility index (Phi) is 6.17. The van der Waals surface area contributed by atoms with Crippen molar-refractivity contribution in [1.29, 1.82) is 0 Å². The standard InChI is InChI=1S/C17H28O4/c1-13-6-5-8-16(2,3)14(13)7-9-17(4,20)12-15(19)21-11-10-18/h6-7,9,14,18,20H,5,8,10-12H2,1-4H3/b9-7+. The van der Waals surface area contributed by atoms with Gasteiger partial charge in [-0.3, -0.25) is 4.79 Å². The summed E-state index contributed by atoms with van der Waals surface area (Å²) in [6.07, 6.45) is 8.03. The first-order valence-electron chi connectivity index (χ1n) is 7.53. The zero-order chi connectivity index (χ0) is 16.1. The molecule has 4 heteroatoms. The lowest BCUT2D eigenvalue weighted by molar-refractivity contribution is -0.148. The van der Waals surface area contributed by atoms with E-state index >= 15 is 0 Å². The molecule has 2 N–H and O–H groups in total. The van der Waals surface area contributed by atoms with Gasteiger partial charge < -0.3 is 14.9 Å². The predicted molar refractivity (Wildman–Crippen MR) is 82.7 cm³/mol. The fourth-order valence-corrected chi connectivity index (χ4v) is 2.85. The van der Waals surface area contributed by atoms with E-state index in [1.54, 1.807) is 13.0 Å². The lowest BCUT2D eigenvalue weighted by Gasteiger charge is -2.37. The van der Waals surface area contributed by atoms with Gasteiger partial charge in [0.15, 0.2) is 0 Å². The quantitative estimate of drug-likeness (QED) is 0.584. The fraction of sp³-hybridized carbons (Fsp3) is 0.706. The van der Waals surface area contributed by atoms with Crippen molar-refractivity contribution in [1.82, 2.24) is 0 Å². The second-order valence-electron chi connectivity index (χ2n) is 6.79. The summed E-state index contributed by atoms with van der Waals surface area (Å²) in [5, 5.41) is 18.9. The normalized spacial score (nSPS) is 24.5. The first-order valence-corrected chi connectivity index (χ1v) is 7.53. The zero-order valence-corrected chi connectivity index (χ0v) is 13.6. The summed E-state index contributed by atoms with van der Waals surface area (Å²) in [5.74, 6) is -0.236. The van der Waals surface area contributed by atoms with Crippen molar-refractivity contribution in [3.63, 3.8) is 0 Å². The molecular formula is C17H28O4. The smallest absolute Gasteiger partial charge is 0.309 e. The molecule has 120 valence electrons. The van der Waals surface area contributed by atoms with Crippen molar-refractivity contribution < 1.29 is 19.7 Å². The Morgan fingerprint density at radius 2 is 2.24 bits per heavy atom. The number of hydrogen-bond acceptors (Lipinski definition) is 4. The number of rotatable bonds is 6. The Morgan fingerprint density at radius 3 is 2.81 bits per heavy atom. The molecule has 0 fully saturated rings. The van der Waals surface area contributed by atoms with E-state index in [-0.39, 0.29) is 31.0 Å². The van der Waals surface area contributed by atoms with Gasteiger partial charge in [0.25, 0.3) is 0 Å². The summed E-state index contributed by atoms with van der Waals surface area (Å²) in [6, 6.07) is 0. The van der Waals surface area contributed by atoms with Crippen molar-refractivity contribution in [2.75, 3.05) is 13.2 Å². The molecule has 0 saturated carbocycles. The van der Waals surface area contributed by atoms with Crippen LogP contribution in [-0.4, -0.2) is 35.0 Å². The number of esters is 1. The number of allylic oxidation sites excluding steroid dienone is 3. The van der Waals surface area contributed by atoms with Gasteiger partial charge in [-0.15, -0.1) is 0 Å². The molecule has 0 aromatic carbocycles. The fourth-order valence-electron chi connectivity index (χ4n) is 2.85. The highest BCUT2D eigenvalue weighted by Gasteiger charge is 2.32. The van der Waals surface area contributed by atoms with Gasteiger partial charge in [-0.2, -0.15) is 0 Å². The van der Waals surface area contributed by atoms with Crippen LogP contribution in [0.1, 0.15) is 47.0 Å². The van der Waals surface area contributed by atoms with Gasteiger partial charge in [0, 0.05) is 5.92 Å². The summed E-state index contributed by atoms with van der Waals surface area (Å²) in [5.41, 5.74) is 0.226. The minimum absolute atomic E-state index is 0.0316. The lowest BCUT2D eigenvalue weighted by Crippen LogP contribution is -2.30. The summed E-state index contributed by atoms with van der Waals surface area (Å²) in [6.45, 7) is 7.92. The Morgan fingerprint density at radius 1 is 1.57 bits per heavy atom. The number of aliphatic hydroxyl groups excluding tert-OH is 1. The zero-order valence-electron chi connectivity index (χ0n) is 13.6. The number of hydrogen-bond donors (Lipinski definition) is 2. The van der Waals surface area contributed by atoms with Crippen molar-refractivity contribution in [2.45, 2.75) is 52.6 Å². The van der Waals surface area contributed by atoms with Crippen LogP contribution in [0.2, 0.25) is 0 Å². The molecule has 0 bridgehead atoms. The maximum absolute atomic E-state index is 11.5. The van der Waals surface area contributed by atoms with Crippen molar-refractivity contribution in [3.8, 4) is 0 Å². The van der Waals surface area contributed by atoms with E-state index in [1.807, 2.05) is 6.08 Å². The highest BCUT2D eigenvalue weighted by atomic mass is 16.5. The van der Waals surface area contributed by atoms with Gasteiger partial charge in [-0.05, 0) is 32.1 Å². The second kappa shape index (κ2) is 7.23. The molecule has 2 atom stereocenters. The molecule has 1 aliphatic carbocycles. The third kappa shape index (κ3) is 5.64. The molecule has 0 aromatic heterocycles. The monoisotopic (exact) mass is 296 g/mol. The van der Waals surface area contributed by atoms with Crippen LogP contribution in [0.15, 0.2) is 23.8 Å². The van der Waals surface area contributed by atoms with Crippen LogP contribution in [0.5, 0.6) is 0 Å². The van der Waals surface area contributed by atoms with Crippen LogP contribution in [0.3, 0.4) is 0 Å². The molecule has 0 heterocycles. The molecule has 21 heavy (non-hydrogen) atoms. The minimum atomic E-state index is -1.24. The van der Waals surface area contributed by atoms with Crippen LogP contribution in [0.25, 0.3) is 0 Å². The number of aliphatic hydroxyl groups is 2. The molecule has 0 radical (unpaired) electrons. The van der Waals surface area contributed by atoms with Gasteiger partial charge in [-0.25, -0.2) is 0 Å². The van der Waals surface area contributed by atoms with Crippen LogP contribution in [-0.2, 0) is 9.53 Å². The van der Waals surface area contributed by atoms with E-state index in [2.05, 4.69) is 26.8 Å². The molecule has 1 rings (SSSR count). The van der Waals surface area contributed by atoms with Crippen molar-refractivity contribution in [3.05, 3.63) is 23.8 Å². The van der Waals surface area contributed by atoms with Crippen LogP contribution >= 0.6 is 0 Å². The highest BCUT2D eigenvalue weighted by Crippen LogP contribution is 2.41. The van der Waals surface area contributed by atoms with Gasteiger partial charge in [0.05, 0.1) is 18.6 Å². The van der Waals surface area contributed by atoms with Gasteiger partial charge >= 0.3 is 5.97 Å². The van der Waals surface area contributed by atoms with E-state index in [4.69, 9.17) is 9.84 Å². The van der Waals surface area contributed by atoms with Crippen LogP contribution < -0.4 is 0 Å². The molecule has 2 unspecified atom stereocenters. The van der Waals surface area contributed by atoms with E-state index in [9.17, 15) is 9.90 Å². The Hall–Kier alpha value is -1.13. The van der Waals surface area contributed by atoms with E-state index in [1.165, 1.54) is 5.57 Å². The number of carbonyl (C=O) groups is 1. The van der Waals surface area contributed by atoms with Crippen LogP contribution in [0.4, 0.5) is 0 Å². The van der Waals surface area contributed by atoms with E-state index in [0.29, 0.717) is 0 Å². The molecule has 1 aliphatic rings. The largest absolute Gasteiger partial charge is 0.463 e. The summed E-state index contributed by atoms with van der Waals surface area (Å²) in [7, 11) is 0. The number of ether oxygens (including phenoxy) is 1. The maximum Gasteiger partial charge on any atom is 0.309 e. The highest BCUT2D eigenvalue weighted by molar-refractivity contribution is 5.71. The van der Waals surface area contributed by atoms with Crippen molar-refractivity contribution in [2.24, 2.45) is 11.3 Å². The third-order valence-corrected chi connectivity index (χ3v) is 4.09. The molecule has 0 amide bonds. The summed E-state index contributed by atoms with van der Waals surface area (Å²) in [4.78, 5) is 11.5. The Balaban J connectivity index is 2.70. The number of carbonyl (C=O) groups excluding carboxylic acids is 1. The molecule has 4 nitrogen and oxygen atoms in total. The minimum Gasteiger partial charge on any atom is -0.463 e. The maximum atomic E-state index is 11.5. The topological polar surface area (TPSA) is 66.8 Å².